The van der Waals surface area contributed by atoms with Crippen molar-refractivity contribution >= 4 is 11.9 Å². The number of aliphatic carboxylic acids is 1. The Bertz CT molecular complexity index is 787. The molecule has 3 heterocycles. The number of fused-ring (bicyclic) bond motifs is 1. The van der Waals surface area contributed by atoms with E-state index in [9.17, 15) is 18.0 Å². The van der Waals surface area contributed by atoms with Gasteiger partial charge in [-0.25, -0.2) is 4.79 Å². The van der Waals surface area contributed by atoms with Crippen molar-refractivity contribution in [3.05, 3.63) is 36.7 Å². The van der Waals surface area contributed by atoms with E-state index >= 15 is 0 Å². The van der Waals surface area contributed by atoms with Crippen LogP contribution < -0.4 is 4.74 Å². The van der Waals surface area contributed by atoms with Gasteiger partial charge in [0.15, 0.2) is 0 Å². The van der Waals surface area contributed by atoms with Crippen molar-refractivity contribution in [1.82, 2.24) is 9.88 Å². The lowest BCUT2D eigenvalue weighted by molar-refractivity contribution is -0.192. The van der Waals surface area contributed by atoms with Crippen LogP contribution in [0.4, 0.5) is 13.2 Å². The largest absolute Gasteiger partial charge is 0.490 e. The highest BCUT2D eigenvalue weighted by atomic mass is 19.4. The standard InChI is InChI=1S/C19H24N2O3.C2HF3O2/c22-19(14-6-2-1-3-7-14)21-13-17(18-16(21)9-5-11-23-18)24-15-8-4-10-20-12-15;3-2(4,5)1(6)7/h1-2,4,8,10,12,14,16-18H,3,5-7,9,11,13H2;(H,6,7)/t14?,16-,17-,18+;/m1./s1. The summed E-state index contributed by atoms with van der Waals surface area (Å²) in [5.74, 6) is -1.62. The molecule has 1 aromatic rings. The van der Waals surface area contributed by atoms with Crippen LogP contribution in [0.3, 0.4) is 0 Å². The fourth-order valence-corrected chi connectivity index (χ4v) is 4.11. The molecule has 0 aromatic carbocycles. The van der Waals surface area contributed by atoms with E-state index in [1.54, 1.807) is 12.4 Å². The quantitative estimate of drug-likeness (QED) is 0.724. The summed E-state index contributed by atoms with van der Waals surface area (Å²) in [5, 5.41) is 7.12. The summed E-state index contributed by atoms with van der Waals surface area (Å²) in [6.07, 6.45) is 7.38. The third-order valence-electron chi connectivity index (χ3n) is 5.54. The summed E-state index contributed by atoms with van der Waals surface area (Å²) >= 11 is 0. The molecule has 10 heteroatoms. The van der Waals surface area contributed by atoms with E-state index in [1.807, 2.05) is 17.0 Å². The third kappa shape index (κ3) is 5.96. The number of carbonyl (C=O) groups is 2. The molecule has 31 heavy (non-hydrogen) atoms. The van der Waals surface area contributed by atoms with E-state index < -0.39 is 12.1 Å². The van der Waals surface area contributed by atoms with E-state index in [-0.39, 0.29) is 30.1 Å². The highest BCUT2D eigenvalue weighted by Gasteiger charge is 2.48. The molecule has 1 N–H and O–H groups in total. The number of carboxylic acid groups (broad SMARTS) is 1. The number of amides is 1. The van der Waals surface area contributed by atoms with Crippen molar-refractivity contribution in [2.24, 2.45) is 5.92 Å². The second-order valence-corrected chi connectivity index (χ2v) is 7.66. The zero-order valence-corrected chi connectivity index (χ0v) is 16.8. The number of nitrogens with zero attached hydrogens (tertiary/aromatic N) is 2. The first-order chi connectivity index (χ1) is 14.8. The maximum atomic E-state index is 13.0. The maximum absolute atomic E-state index is 13.0. The average molecular weight is 442 g/mol. The molecular formula is C21H25F3N2O5. The zero-order valence-electron chi connectivity index (χ0n) is 16.8. The molecule has 0 bridgehead atoms. The van der Waals surface area contributed by atoms with Crippen LogP contribution in [0.1, 0.15) is 32.1 Å². The highest BCUT2D eigenvalue weighted by molar-refractivity contribution is 5.80. The second kappa shape index (κ2) is 10.1. The molecule has 1 unspecified atom stereocenters. The summed E-state index contributed by atoms with van der Waals surface area (Å²) in [7, 11) is 0. The van der Waals surface area contributed by atoms with E-state index in [0.29, 0.717) is 6.54 Å². The highest BCUT2D eigenvalue weighted by Crippen LogP contribution is 2.34. The maximum Gasteiger partial charge on any atom is 0.490 e. The molecule has 0 radical (unpaired) electrons. The number of aromatic nitrogens is 1. The van der Waals surface area contributed by atoms with Crippen LogP contribution in [0.15, 0.2) is 36.7 Å². The van der Waals surface area contributed by atoms with Crippen LogP contribution in [0.5, 0.6) is 5.75 Å². The first-order valence-electron chi connectivity index (χ1n) is 10.2. The number of carbonyl (C=O) groups excluding carboxylic acids is 1. The summed E-state index contributed by atoms with van der Waals surface area (Å²) in [6.45, 7) is 1.37. The van der Waals surface area contributed by atoms with E-state index in [2.05, 4.69) is 17.1 Å². The van der Waals surface area contributed by atoms with Crippen molar-refractivity contribution < 1.29 is 37.3 Å². The molecule has 4 atom stereocenters. The van der Waals surface area contributed by atoms with Crippen LogP contribution in [0, 0.1) is 5.92 Å². The van der Waals surface area contributed by atoms with Gasteiger partial charge in [0.05, 0.1) is 18.8 Å². The summed E-state index contributed by atoms with van der Waals surface area (Å²) < 4.78 is 43.9. The fraction of sp³-hybridized carbons (Fsp3) is 0.571. The fourth-order valence-electron chi connectivity index (χ4n) is 4.11. The van der Waals surface area contributed by atoms with Crippen LogP contribution in [0.2, 0.25) is 0 Å². The second-order valence-electron chi connectivity index (χ2n) is 7.66. The molecule has 3 aliphatic rings. The summed E-state index contributed by atoms with van der Waals surface area (Å²) in [4.78, 5) is 28.1. The smallest absolute Gasteiger partial charge is 0.484 e. The lowest BCUT2D eigenvalue weighted by Crippen LogP contribution is -2.46. The number of likely N-dealkylation sites (tertiary alicyclic amines) is 1. The van der Waals surface area contributed by atoms with Gasteiger partial charge in [-0.3, -0.25) is 9.78 Å². The molecule has 2 fully saturated rings. The first kappa shape index (κ1) is 23.1. The van der Waals surface area contributed by atoms with E-state index in [0.717, 1.165) is 44.5 Å². The van der Waals surface area contributed by atoms with Gasteiger partial charge >= 0.3 is 12.1 Å². The SMILES string of the molecule is O=C(C1CC=CCC1)N1C[C@@H](Oc2cccnc2)[C@H]2OCCC[C@H]21.O=C(O)C(F)(F)F. The molecule has 4 rings (SSSR count). The molecule has 2 saturated heterocycles. The van der Waals surface area contributed by atoms with Gasteiger partial charge in [0, 0.05) is 18.7 Å². The molecule has 7 nitrogen and oxygen atoms in total. The lowest BCUT2D eigenvalue weighted by atomic mass is 9.92. The number of hydrogen-bond donors (Lipinski definition) is 1. The molecule has 1 aliphatic carbocycles. The molecule has 170 valence electrons. The minimum absolute atomic E-state index is 0.0259. The van der Waals surface area contributed by atoms with Crippen LogP contribution in [0.25, 0.3) is 0 Å². The number of carboxylic acids is 1. The average Bonchev–Trinajstić information content (AvgIpc) is 3.13. The number of allylic oxidation sites excluding steroid dienone is 2. The number of alkyl halides is 3. The lowest BCUT2D eigenvalue weighted by Gasteiger charge is -2.33. The Morgan fingerprint density at radius 2 is 2.03 bits per heavy atom. The monoisotopic (exact) mass is 442 g/mol. The van der Waals surface area contributed by atoms with Gasteiger partial charge in [0.2, 0.25) is 5.91 Å². The van der Waals surface area contributed by atoms with Gasteiger partial charge in [0.1, 0.15) is 18.0 Å². The number of hydrogen-bond acceptors (Lipinski definition) is 5. The third-order valence-corrected chi connectivity index (χ3v) is 5.54. The molecule has 0 saturated carbocycles. The Morgan fingerprint density at radius 3 is 2.65 bits per heavy atom. The van der Waals surface area contributed by atoms with Crippen molar-refractivity contribution in [1.29, 1.82) is 0 Å². The molecular weight excluding hydrogens is 417 g/mol. The van der Waals surface area contributed by atoms with Gasteiger partial charge in [-0.15, -0.1) is 0 Å². The van der Waals surface area contributed by atoms with Gasteiger partial charge in [-0.2, -0.15) is 13.2 Å². The Kier molecular flexibility index (Phi) is 7.53. The van der Waals surface area contributed by atoms with Crippen LogP contribution in [-0.4, -0.2) is 64.4 Å². The van der Waals surface area contributed by atoms with Crippen LogP contribution in [-0.2, 0) is 14.3 Å². The Morgan fingerprint density at radius 1 is 1.26 bits per heavy atom. The Balaban J connectivity index is 0.000000339. The van der Waals surface area contributed by atoms with E-state index in [1.165, 1.54) is 0 Å². The number of pyridine rings is 1. The van der Waals surface area contributed by atoms with Crippen molar-refractivity contribution in [3.8, 4) is 5.75 Å². The minimum atomic E-state index is -5.08. The predicted molar refractivity (Wildman–Crippen MR) is 103 cm³/mol. The van der Waals surface area contributed by atoms with Gasteiger partial charge < -0.3 is 19.5 Å². The van der Waals surface area contributed by atoms with Gasteiger partial charge in [-0.1, -0.05) is 12.2 Å². The first-order valence-corrected chi connectivity index (χ1v) is 10.2. The molecule has 1 amide bonds. The van der Waals surface area contributed by atoms with Crippen molar-refractivity contribution in [3.63, 3.8) is 0 Å². The number of halogens is 3. The topological polar surface area (TPSA) is 89.0 Å². The Labute approximate surface area is 177 Å². The number of rotatable bonds is 3. The van der Waals surface area contributed by atoms with Crippen molar-refractivity contribution in [2.75, 3.05) is 13.2 Å². The normalized spacial score (nSPS) is 27.6. The zero-order chi connectivity index (χ0) is 22.4. The summed E-state index contributed by atoms with van der Waals surface area (Å²) in [6, 6.07) is 3.92. The molecule has 2 aliphatic heterocycles. The molecule has 1 aromatic heterocycles. The van der Waals surface area contributed by atoms with Gasteiger partial charge in [-0.05, 0) is 44.2 Å². The Hall–Kier alpha value is -2.62. The minimum Gasteiger partial charge on any atom is -0.484 e. The number of ether oxygens (including phenoxy) is 2. The van der Waals surface area contributed by atoms with Gasteiger partial charge in [0.25, 0.3) is 0 Å². The summed E-state index contributed by atoms with van der Waals surface area (Å²) in [5.41, 5.74) is 0. The predicted octanol–water partition coefficient (Wildman–Crippen LogP) is 3.21. The van der Waals surface area contributed by atoms with Crippen molar-refractivity contribution in [2.45, 2.75) is 56.5 Å². The van der Waals surface area contributed by atoms with E-state index in [4.69, 9.17) is 19.4 Å². The molecule has 0 spiro atoms. The van der Waals surface area contributed by atoms with Crippen LogP contribution >= 0.6 is 0 Å².